The zero-order chi connectivity index (χ0) is 15.6. The molecule has 0 heterocycles. The summed E-state index contributed by atoms with van der Waals surface area (Å²) < 4.78 is 1.14. The Balaban J connectivity index is 2.19. The number of hydrogen-bond acceptors (Lipinski definition) is 2. The van der Waals surface area contributed by atoms with Gasteiger partial charge in [0.2, 0.25) is 0 Å². The monoisotopic (exact) mass is 418 g/mol. The zero-order valence-corrected chi connectivity index (χ0v) is 14.7. The van der Waals surface area contributed by atoms with E-state index in [0.717, 1.165) is 25.7 Å². The summed E-state index contributed by atoms with van der Waals surface area (Å²) in [7, 11) is 0. The summed E-state index contributed by atoms with van der Waals surface area (Å²) in [5, 5.41) is 14.8. The quantitative estimate of drug-likeness (QED) is 0.680. The Morgan fingerprint density at radius 2 is 1.86 bits per heavy atom. The number of carbonyl (C=O) groups is 2. The number of hydrogen-bond donors (Lipinski definition) is 3. The third-order valence-corrected chi connectivity index (χ3v) is 4.73. The van der Waals surface area contributed by atoms with Crippen LogP contribution in [0, 0.1) is 0 Å². The lowest BCUT2D eigenvalue weighted by Gasteiger charge is -2.25. The van der Waals surface area contributed by atoms with Gasteiger partial charge in [0.25, 0.3) is 0 Å². The fraction of sp³-hybridized carbons (Fsp3) is 0.429. The normalized spacial score (nSPS) is 16.5. The lowest BCUT2D eigenvalue weighted by Crippen LogP contribution is -2.45. The minimum atomic E-state index is -1.10. The second-order valence-electron chi connectivity index (χ2n) is 5.46. The Morgan fingerprint density at radius 1 is 1.24 bits per heavy atom. The van der Waals surface area contributed by atoms with Crippen molar-refractivity contribution in [2.45, 2.75) is 38.1 Å². The van der Waals surface area contributed by atoms with Crippen LogP contribution in [0.25, 0.3) is 0 Å². The van der Waals surface area contributed by atoms with Crippen LogP contribution >= 0.6 is 31.9 Å². The van der Waals surface area contributed by atoms with E-state index in [1.807, 2.05) is 6.92 Å². The van der Waals surface area contributed by atoms with Crippen LogP contribution in [0.1, 0.15) is 43.0 Å². The molecule has 1 aromatic carbocycles. The molecule has 2 amide bonds. The third-order valence-electron chi connectivity index (χ3n) is 3.65. The van der Waals surface area contributed by atoms with E-state index in [2.05, 4.69) is 42.5 Å². The lowest BCUT2D eigenvalue weighted by atomic mass is 10.0. The maximum absolute atomic E-state index is 12.1. The largest absolute Gasteiger partial charge is 0.478 e. The fourth-order valence-corrected chi connectivity index (χ4v) is 3.89. The highest BCUT2D eigenvalue weighted by Gasteiger charge is 2.30. The number of nitrogens with one attached hydrogen (secondary N) is 2. The molecule has 1 fully saturated rings. The first-order valence-corrected chi connectivity index (χ1v) is 8.21. The predicted molar refractivity (Wildman–Crippen MR) is 87.8 cm³/mol. The van der Waals surface area contributed by atoms with Crippen molar-refractivity contribution in [3.8, 4) is 0 Å². The molecule has 0 aromatic heterocycles. The zero-order valence-electron chi connectivity index (χ0n) is 11.5. The Morgan fingerprint density at radius 3 is 2.43 bits per heavy atom. The molecule has 0 unspecified atom stereocenters. The highest BCUT2D eigenvalue weighted by atomic mass is 79.9. The van der Waals surface area contributed by atoms with E-state index in [9.17, 15) is 14.7 Å². The van der Waals surface area contributed by atoms with Crippen LogP contribution in [0.3, 0.4) is 0 Å². The number of carboxylic acid groups (broad SMARTS) is 1. The van der Waals surface area contributed by atoms with Crippen molar-refractivity contribution in [2.24, 2.45) is 0 Å². The molecular weight excluding hydrogens is 404 g/mol. The van der Waals surface area contributed by atoms with Gasteiger partial charge >= 0.3 is 12.0 Å². The third kappa shape index (κ3) is 3.97. The van der Waals surface area contributed by atoms with E-state index in [1.54, 1.807) is 6.07 Å². The number of aromatic carboxylic acids is 1. The van der Waals surface area contributed by atoms with Gasteiger partial charge in [0.05, 0.1) is 11.3 Å². The summed E-state index contributed by atoms with van der Waals surface area (Å²) in [6.45, 7) is 2.01. The van der Waals surface area contributed by atoms with Crippen LogP contribution in [0.2, 0.25) is 0 Å². The van der Waals surface area contributed by atoms with Crippen LogP contribution in [0.15, 0.2) is 21.1 Å². The number of amides is 2. The van der Waals surface area contributed by atoms with E-state index in [1.165, 1.54) is 6.07 Å². The van der Waals surface area contributed by atoms with Gasteiger partial charge in [-0.1, -0.05) is 28.8 Å². The standard InChI is InChI=1S/C14H16Br2N2O3/c1-14(4-2-3-5-14)18-13(21)17-11-9(12(19)20)6-8(15)7-10(11)16/h6-7H,2-5H2,1H3,(H,19,20)(H2,17,18,21). The van der Waals surface area contributed by atoms with Crippen LogP contribution in [-0.4, -0.2) is 22.6 Å². The molecule has 0 spiro atoms. The number of urea groups is 1. The molecule has 5 nitrogen and oxygen atoms in total. The summed E-state index contributed by atoms with van der Waals surface area (Å²) >= 11 is 6.52. The van der Waals surface area contributed by atoms with Gasteiger partial charge in [-0.2, -0.15) is 0 Å². The molecule has 0 bridgehead atoms. The smallest absolute Gasteiger partial charge is 0.337 e. The van der Waals surface area contributed by atoms with Crippen molar-refractivity contribution >= 4 is 49.5 Å². The number of anilines is 1. The molecule has 21 heavy (non-hydrogen) atoms. The van der Waals surface area contributed by atoms with Gasteiger partial charge in [0.15, 0.2) is 0 Å². The SMILES string of the molecule is CC1(NC(=O)Nc2c(Br)cc(Br)cc2C(=O)O)CCCC1. The van der Waals surface area contributed by atoms with Crippen LogP contribution in [-0.2, 0) is 0 Å². The average molecular weight is 420 g/mol. The van der Waals surface area contributed by atoms with Crippen molar-refractivity contribution in [3.63, 3.8) is 0 Å². The summed E-state index contributed by atoms with van der Waals surface area (Å²) in [6.07, 6.45) is 4.07. The van der Waals surface area contributed by atoms with Crippen molar-refractivity contribution < 1.29 is 14.7 Å². The lowest BCUT2D eigenvalue weighted by molar-refractivity contribution is 0.0698. The average Bonchev–Trinajstić information content (AvgIpc) is 2.78. The molecule has 1 saturated carbocycles. The predicted octanol–water partition coefficient (Wildman–Crippen LogP) is 4.36. The topological polar surface area (TPSA) is 78.4 Å². The number of halogens is 2. The Bertz CT molecular complexity index is 584. The molecule has 0 atom stereocenters. The molecule has 114 valence electrons. The molecule has 1 aromatic rings. The Kier molecular flexibility index (Phi) is 4.93. The molecule has 2 rings (SSSR count). The molecule has 0 aliphatic heterocycles. The first kappa shape index (κ1) is 16.3. The summed E-state index contributed by atoms with van der Waals surface area (Å²) in [6, 6.07) is 2.77. The molecular formula is C14H16Br2N2O3. The maximum Gasteiger partial charge on any atom is 0.337 e. The van der Waals surface area contributed by atoms with E-state index in [4.69, 9.17) is 0 Å². The first-order valence-electron chi connectivity index (χ1n) is 6.62. The second kappa shape index (κ2) is 6.36. The van der Waals surface area contributed by atoms with Gasteiger partial charge in [0.1, 0.15) is 0 Å². The van der Waals surface area contributed by atoms with Crippen molar-refractivity contribution in [1.82, 2.24) is 5.32 Å². The molecule has 7 heteroatoms. The summed E-state index contributed by atoms with van der Waals surface area (Å²) in [5.41, 5.74) is 0.0720. The van der Waals surface area contributed by atoms with Crippen molar-refractivity contribution in [2.75, 3.05) is 5.32 Å². The van der Waals surface area contributed by atoms with Crippen LogP contribution in [0.4, 0.5) is 10.5 Å². The highest BCUT2D eigenvalue weighted by Crippen LogP contribution is 2.32. The van der Waals surface area contributed by atoms with E-state index in [-0.39, 0.29) is 22.8 Å². The number of carboxylic acids is 1. The van der Waals surface area contributed by atoms with Gasteiger partial charge < -0.3 is 15.7 Å². The highest BCUT2D eigenvalue weighted by molar-refractivity contribution is 9.11. The van der Waals surface area contributed by atoms with Crippen molar-refractivity contribution in [1.29, 1.82) is 0 Å². The molecule has 0 radical (unpaired) electrons. The minimum absolute atomic E-state index is 0.0305. The van der Waals surface area contributed by atoms with E-state index in [0.29, 0.717) is 8.95 Å². The van der Waals surface area contributed by atoms with Crippen molar-refractivity contribution in [3.05, 3.63) is 26.6 Å². The summed E-state index contributed by atoms with van der Waals surface area (Å²) in [5.74, 6) is -1.10. The van der Waals surface area contributed by atoms with Crippen LogP contribution in [0.5, 0.6) is 0 Å². The van der Waals surface area contributed by atoms with Gasteiger partial charge in [-0.05, 0) is 47.8 Å². The van der Waals surface area contributed by atoms with Gasteiger partial charge in [-0.25, -0.2) is 9.59 Å². The Labute approximate surface area is 139 Å². The van der Waals surface area contributed by atoms with Gasteiger partial charge in [0, 0.05) is 14.5 Å². The number of benzene rings is 1. The first-order chi connectivity index (χ1) is 9.81. The summed E-state index contributed by atoms with van der Waals surface area (Å²) in [4.78, 5) is 23.4. The molecule has 1 aliphatic carbocycles. The number of rotatable bonds is 3. The van der Waals surface area contributed by atoms with Gasteiger partial charge in [-0.15, -0.1) is 0 Å². The van der Waals surface area contributed by atoms with E-state index >= 15 is 0 Å². The molecule has 3 N–H and O–H groups in total. The molecule has 0 saturated heterocycles. The fourth-order valence-electron chi connectivity index (χ4n) is 2.57. The maximum atomic E-state index is 12.1. The molecule has 1 aliphatic rings. The Hall–Kier alpha value is -1.08. The number of carbonyl (C=O) groups excluding carboxylic acids is 1. The van der Waals surface area contributed by atoms with Gasteiger partial charge in [-0.3, -0.25) is 0 Å². The second-order valence-corrected chi connectivity index (χ2v) is 7.23. The van der Waals surface area contributed by atoms with E-state index < -0.39 is 5.97 Å². The van der Waals surface area contributed by atoms with Crippen LogP contribution < -0.4 is 10.6 Å². The minimum Gasteiger partial charge on any atom is -0.478 e.